The molecular weight excluding hydrogens is 279 g/mol. The Morgan fingerprint density at radius 3 is 2.71 bits per heavy atom. The minimum absolute atomic E-state index is 0.0943. The van der Waals surface area contributed by atoms with Crippen molar-refractivity contribution in [2.24, 2.45) is 0 Å². The summed E-state index contributed by atoms with van der Waals surface area (Å²) in [5.74, 6) is -1.15. The van der Waals surface area contributed by atoms with E-state index in [4.69, 9.17) is 4.74 Å². The van der Waals surface area contributed by atoms with Gasteiger partial charge >= 0.3 is 5.69 Å². The standard InChI is InChI=1S/C14H17FN2O4/c15-12-8-11(6-7-13(12)17(19)20)21-9-14(18)16-10-4-2-1-3-5-10/h6-8,10H,1-5,9H2,(H,16,18). The molecule has 0 aliphatic heterocycles. The monoisotopic (exact) mass is 296 g/mol. The number of carbonyl (C=O) groups excluding carboxylic acids is 1. The van der Waals surface area contributed by atoms with E-state index >= 15 is 0 Å². The van der Waals surface area contributed by atoms with Crippen molar-refractivity contribution in [2.75, 3.05) is 6.61 Å². The summed E-state index contributed by atoms with van der Waals surface area (Å²) in [6.45, 7) is -0.228. The summed E-state index contributed by atoms with van der Waals surface area (Å²) in [5.41, 5.74) is -0.617. The molecule has 1 amide bonds. The van der Waals surface area contributed by atoms with E-state index in [1.54, 1.807) is 0 Å². The number of hydrogen-bond acceptors (Lipinski definition) is 4. The molecule has 6 nitrogen and oxygen atoms in total. The zero-order chi connectivity index (χ0) is 15.2. The molecule has 1 aromatic rings. The average Bonchev–Trinajstić information content (AvgIpc) is 2.46. The van der Waals surface area contributed by atoms with Gasteiger partial charge in [-0.3, -0.25) is 14.9 Å². The van der Waals surface area contributed by atoms with Crippen molar-refractivity contribution < 1.29 is 18.8 Å². The number of nitro benzene ring substituents is 1. The molecule has 0 bridgehead atoms. The van der Waals surface area contributed by atoms with Crippen LogP contribution in [0.5, 0.6) is 5.75 Å². The molecule has 1 aliphatic rings. The highest BCUT2D eigenvalue weighted by Gasteiger charge is 2.17. The first-order valence-electron chi connectivity index (χ1n) is 6.92. The Bertz CT molecular complexity index is 530. The van der Waals surface area contributed by atoms with Gasteiger partial charge in [-0.25, -0.2) is 0 Å². The highest BCUT2D eigenvalue weighted by Crippen LogP contribution is 2.22. The van der Waals surface area contributed by atoms with E-state index < -0.39 is 16.4 Å². The van der Waals surface area contributed by atoms with Crippen molar-refractivity contribution in [3.63, 3.8) is 0 Å². The lowest BCUT2D eigenvalue weighted by atomic mass is 9.95. The van der Waals surface area contributed by atoms with E-state index in [1.807, 2.05) is 0 Å². The summed E-state index contributed by atoms with van der Waals surface area (Å²) in [6.07, 6.45) is 5.36. The molecule has 0 spiro atoms. The second kappa shape index (κ2) is 7.01. The maximum absolute atomic E-state index is 13.4. The molecule has 0 atom stereocenters. The van der Waals surface area contributed by atoms with Crippen molar-refractivity contribution in [1.29, 1.82) is 0 Å². The van der Waals surface area contributed by atoms with Gasteiger partial charge in [0.2, 0.25) is 5.82 Å². The molecule has 0 heterocycles. The molecule has 1 aromatic carbocycles. The van der Waals surface area contributed by atoms with Gasteiger partial charge in [-0.1, -0.05) is 19.3 Å². The molecule has 114 valence electrons. The van der Waals surface area contributed by atoms with Crippen LogP contribution in [0.15, 0.2) is 18.2 Å². The zero-order valence-electron chi connectivity index (χ0n) is 11.5. The molecule has 0 unspecified atom stereocenters. The fraction of sp³-hybridized carbons (Fsp3) is 0.500. The fourth-order valence-corrected chi connectivity index (χ4v) is 2.39. The van der Waals surface area contributed by atoms with E-state index in [9.17, 15) is 19.3 Å². The summed E-state index contributed by atoms with van der Waals surface area (Å²) in [7, 11) is 0. The van der Waals surface area contributed by atoms with Crippen LogP contribution in [0.1, 0.15) is 32.1 Å². The van der Waals surface area contributed by atoms with Crippen LogP contribution in [0.2, 0.25) is 0 Å². The largest absolute Gasteiger partial charge is 0.484 e. The van der Waals surface area contributed by atoms with Gasteiger partial charge in [0.25, 0.3) is 5.91 Å². The van der Waals surface area contributed by atoms with Gasteiger partial charge in [-0.15, -0.1) is 0 Å². The summed E-state index contributed by atoms with van der Waals surface area (Å²) < 4.78 is 18.5. The van der Waals surface area contributed by atoms with Crippen molar-refractivity contribution in [3.8, 4) is 5.75 Å². The van der Waals surface area contributed by atoms with E-state index in [-0.39, 0.29) is 24.3 Å². The van der Waals surface area contributed by atoms with E-state index in [1.165, 1.54) is 12.5 Å². The number of amides is 1. The SMILES string of the molecule is O=C(COc1ccc([N+](=O)[O-])c(F)c1)NC1CCCCC1. The molecule has 7 heteroatoms. The first kappa shape index (κ1) is 15.2. The van der Waals surface area contributed by atoms with Crippen LogP contribution in [0.3, 0.4) is 0 Å². The maximum atomic E-state index is 13.4. The van der Waals surface area contributed by atoms with E-state index in [0.29, 0.717) is 0 Å². The van der Waals surface area contributed by atoms with Crippen LogP contribution in [-0.4, -0.2) is 23.5 Å². The predicted molar refractivity (Wildman–Crippen MR) is 73.6 cm³/mol. The Balaban J connectivity index is 1.83. The lowest BCUT2D eigenvalue weighted by Gasteiger charge is -2.22. The highest BCUT2D eigenvalue weighted by atomic mass is 19.1. The number of carbonyl (C=O) groups is 1. The number of rotatable bonds is 5. The van der Waals surface area contributed by atoms with Crippen molar-refractivity contribution in [2.45, 2.75) is 38.1 Å². The van der Waals surface area contributed by atoms with Gasteiger partial charge in [0.15, 0.2) is 6.61 Å². The van der Waals surface area contributed by atoms with Crippen LogP contribution in [0.4, 0.5) is 10.1 Å². The first-order valence-corrected chi connectivity index (χ1v) is 6.92. The van der Waals surface area contributed by atoms with Crippen molar-refractivity contribution >= 4 is 11.6 Å². The summed E-state index contributed by atoms with van der Waals surface area (Å²) in [5, 5.41) is 13.3. The molecule has 1 fully saturated rings. The third-order valence-electron chi connectivity index (χ3n) is 3.46. The Hall–Kier alpha value is -2.18. The Labute approximate surface area is 121 Å². The van der Waals surface area contributed by atoms with Gasteiger partial charge in [0.05, 0.1) is 4.92 Å². The number of nitro groups is 1. The Morgan fingerprint density at radius 1 is 1.38 bits per heavy atom. The molecule has 21 heavy (non-hydrogen) atoms. The molecule has 0 radical (unpaired) electrons. The van der Waals surface area contributed by atoms with Crippen LogP contribution in [-0.2, 0) is 4.79 Å². The van der Waals surface area contributed by atoms with Crippen LogP contribution in [0, 0.1) is 15.9 Å². The minimum atomic E-state index is -0.981. The molecule has 1 N–H and O–H groups in total. The number of halogens is 1. The number of hydrogen-bond donors (Lipinski definition) is 1. The first-order chi connectivity index (χ1) is 10.1. The number of nitrogens with zero attached hydrogens (tertiary/aromatic N) is 1. The summed E-state index contributed by atoms with van der Waals surface area (Å²) in [4.78, 5) is 21.4. The Morgan fingerprint density at radius 2 is 2.10 bits per heavy atom. The third kappa shape index (κ3) is 4.40. The molecule has 2 rings (SSSR count). The highest BCUT2D eigenvalue weighted by molar-refractivity contribution is 5.77. The maximum Gasteiger partial charge on any atom is 0.305 e. The second-order valence-electron chi connectivity index (χ2n) is 5.06. The summed E-state index contributed by atoms with van der Waals surface area (Å²) in [6, 6.07) is 3.38. The molecule has 1 saturated carbocycles. The van der Waals surface area contributed by atoms with Gasteiger partial charge < -0.3 is 10.1 Å². The van der Waals surface area contributed by atoms with Gasteiger partial charge in [0, 0.05) is 18.2 Å². The minimum Gasteiger partial charge on any atom is -0.484 e. The van der Waals surface area contributed by atoms with Crippen LogP contribution in [0.25, 0.3) is 0 Å². The lowest BCUT2D eigenvalue weighted by Crippen LogP contribution is -2.38. The van der Waals surface area contributed by atoms with E-state index in [2.05, 4.69) is 5.32 Å². The van der Waals surface area contributed by atoms with Gasteiger partial charge in [-0.2, -0.15) is 4.39 Å². The zero-order valence-corrected chi connectivity index (χ0v) is 11.5. The van der Waals surface area contributed by atoms with Crippen molar-refractivity contribution in [3.05, 3.63) is 34.1 Å². The number of nitrogens with one attached hydrogen (secondary N) is 1. The molecular formula is C14H17FN2O4. The fourth-order valence-electron chi connectivity index (χ4n) is 2.39. The van der Waals surface area contributed by atoms with Crippen LogP contribution >= 0.6 is 0 Å². The topological polar surface area (TPSA) is 81.5 Å². The number of benzene rings is 1. The van der Waals surface area contributed by atoms with Crippen LogP contribution < -0.4 is 10.1 Å². The molecule has 0 aromatic heterocycles. The van der Waals surface area contributed by atoms with Crippen molar-refractivity contribution in [1.82, 2.24) is 5.32 Å². The molecule has 0 saturated heterocycles. The smallest absolute Gasteiger partial charge is 0.305 e. The predicted octanol–water partition coefficient (Wildman–Crippen LogP) is 2.56. The average molecular weight is 296 g/mol. The molecule has 1 aliphatic carbocycles. The summed E-state index contributed by atoms with van der Waals surface area (Å²) >= 11 is 0. The normalized spacial score (nSPS) is 15.5. The van der Waals surface area contributed by atoms with Gasteiger partial charge in [-0.05, 0) is 18.9 Å². The second-order valence-corrected chi connectivity index (χ2v) is 5.06. The third-order valence-corrected chi connectivity index (χ3v) is 3.46. The Kier molecular flexibility index (Phi) is 5.08. The van der Waals surface area contributed by atoms with Gasteiger partial charge in [0.1, 0.15) is 5.75 Å². The number of ether oxygens (including phenoxy) is 1. The van der Waals surface area contributed by atoms with E-state index in [0.717, 1.165) is 37.8 Å². The lowest BCUT2D eigenvalue weighted by molar-refractivity contribution is -0.387. The quantitative estimate of drug-likeness (QED) is 0.668.